The summed E-state index contributed by atoms with van der Waals surface area (Å²) < 4.78 is 17.1. The first kappa shape index (κ1) is 19.8. The lowest BCUT2D eigenvalue weighted by Crippen LogP contribution is -2.40. The lowest BCUT2D eigenvalue weighted by molar-refractivity contribution is -0.124. The van der Waals surface area contributed by atoms with Gasteiger partial charge >= 0.3 is 0 Å². The zero-order valence-corrected chi connectivity index (χ0v) is 17.2. The molecule has 2 aromatic carbocycles. The molecular weight excluding hydrogens is 400 g/mol. The van der Waals surface area contributed by atoms with Gasteiger partial charge < -0.3 is 19.1 Å². The fraction of sp³-hybridized carbons (Fsp3) is 0.217. The highest BCUT2D eigenvalue weighted by atomic mass is 32.1. The Kier molecular flexibility index (Phi) is 5.87. The summed E-state index contributed by atoms with van der Waals surface area (Å²) in [6.45, 7) is 3.14. The molecule has 1 aromatic heterocycles. The zero-order valence-electron chi connectivity index (χ0n) is 16.4. The number of nitrogens with zero attached hydrogens (tertiary/aromatic N) is 2. The number of anilines is 1. The Morgan fingerprint density at radius 3 is 2.63 bits per heavy atom. The second-order valence-corrected chi connectivity index (χ2v) is 7.76. The van der Waals surface area contributed by atoms with Gasteiger partial charge in [0.15, 0.2) is 17.6 Å². The predicted octanol–water partition coefficient (Wildman–Crippen LogP) is 4.39. The van der Waals surface area contributed by atoms with E-state index in [1.807, 2.05) is 35.7 Å². The average Bonchev–Trinajstić information content (AvgIpc) is 3.30. The first-order valence-corrected chi connectivity index (χ1v) is 10.4. The zero-order chi connectivity index (χ0) is 20.9. The van der Waals surface area contributed by atoms with E-state index in [0.29, 0.717) is 48.3 Å². The quantitative estimate of drug-likeness (QED) is 0.591. The fourth-order valence-electron chi connectivity index (χ4n) is 3.14. The lowest BCUT2D eigenvalue weighted by Gasteiger charge is -2.27. The standard InChI is InChI=1S/C23H20N2O4S/c1-16(29-19-7-4-17(14-24)5-8-19)23(26)25(15-20-3-2-12-30-20)18-6-9-21-22(13-18)28-11-10-27-21/h2-9,12-13,16H,10-11,15H2,1H3. The highest BCUT2D eigenvalue weighted by Gasteiger charge is 2.26. The van der Waals surface area contributed by atoms with E-state index < -0.39 is 6.10 Å². The van der Waals surface area contributed by atoms with E-state index in [-0.39, 0.29) is 5.91 Å². The van der Waals surface area contributed by atoms with Crippen molar-refractivity contribution in [3.8, 4) is 23.3 Å². The summed E-state index contributed by atoms with van der Waals surface area (Å²) >= 11 is 1.59. The summed E-state index contributed by atoms with van der Waals surface area (Å²) in [5.74, 6) is 1.66. The molecule has 3 aromatic rings. The molecular formula is C23H20N2O4S. The Morgan fingerprint density at radius 1 is 1.17 bits per heavy atom. The average molecular weight is 420 g/mol. The number of amides is 1. The van der Waals surface area contributed by atoms with E-state index in [0.717, 1.165) is 4.88 Å². The number of carbonyl (C=O) groups excluding carboxylic acids is 1. The number of hydrogen-bond donors (Lipinski definition) is 0. The van der Waals surface area contributed by atoms with Gasteiger partial charge in [-0.25, -0.2) is 0 Å². The van der Waals surface area contributed by atoms with Crippen molar-refractivity contribution in [1.29, 1.82) is 5.26 Å². The number of nitriles is 1. The van der Waals surface area contributed by atoms with Crippen LogP contribution in [0.25, 0.3) is 0 Å². The van der Waals surface area contributed by atoms with E-state index in [4.69, 9.17) is 19.5 Å². The minimum absolute atomic E-state index is 0.176. The minimum Gasteiger partial charge on any atom is -0.486 e. The third kappa shape index (κ3) is 4.39. The normalized spacial score (nSPS) is 13.2. The molecule has 4 rings (SSSR count). The van der Waals surface area contributed by atoms with Crippen LogP contribution in [0.1, 0.15) is 17.4 Å². The maximum atomic E-state index is 13.3. The molecule has 0 bridgehead atoms. The second-order valence-electron chi connectivity index (χ2n) is 6.73. The molecule has 152 valence electrons. The predicted molar refractivity (Wildman–Crippen MR) is 114 cm³/mol. The molecule has 0 spiro atoms. The van der Waals surface area contributed by atoms with Crippen molar-refractivity contribution in [2.75, 3.05) is 18.1 Å². The smallest absolute Gasteiger partial charge is 0.268 e. The van der Waals surface area contributed by atoms with Crippen LogP contribution < -0.4 is 19.1 Å². The third-order valence-electron chi connectivity index (χ3n) is 4.64. The van der Waals surface area contributed by atoms with Crippen LogP contribution in [0.4, 0.5) is 5.69 Å². The van der Waals surface area contributed by atoms with Crippen LogP contribution in [-0.2, 0) is 11.3 Å². The summed E-state index contributed by atoms with van der Waals surface area (Å²) in [4.78, 5) is 16.1. The van der Waals surface area contributed by atoms with Gasteiger partial charge in [-0.05, 0) is 54.8 Å². The van der Waals surface area contributed by atoms with Gasteiger partial charge in [-0.15, -0.1) is 11.3 Å². The highest BCUT2D eigenvalue weighted by molar-refractivity contribution is 7.09. The largest absolute Gasteiger partial charge is 0.486 e. The molecule has 1 aliphatic heterocycles. The summed E-state index contributed by atoms with van der Waals surface area (Å²) in [6, 6.07) is 18.2. The van der Waals surface area contributed by atoms with Crippen LogP contribution in [0.5, 0.6) is 17.2 Å². The number of fused-ring (bicyclic) bond motifs is 1. The number of carbonyl (C=O) groups is 1. The van der Waals surface area contributed by atoms with Gasteiger partial charge in [0.25, 0.3) is 5.91 Å². The third-order valence-corrected chi connectivity index (χ3v) is 5.50. The molecule has 30 heavy (non-hydrogen) atoms. The van der Waals surface area contributed by atoms with Crippen molar-refractivity contribution in [2.24, 2.45) is 0 Å². The van der Waals surface area contributed by atoms with Gasteiger partial charge in [-0.3, -0.25) is 4.79 Å². The van der Waals surface area contributed by atoms with E-state index >= 15 is 0 Å². The molecule has 0 radical (unpaired) electrons. The molecule has 7 heteroatoms. The Balaban J connectivity index is 1.58. The Morgan fingerprint density at radius 2 is 1.93 bits per heavy atom. The summed E-state index contributed by atoms with van der Waals surface area (Å²) in [5.41, 5.74) is 1.25. The number of rotatable bonds is 6. The van der Waals surface area contributed by atoms with Crippen molar-refractivity contribution in [1.82, 2.24) is 0 Å². The van der Waals surface area contributed by atoms with Crippen molar-refractivity contribution in [2.45, 2.75) is 19.6 Å². The SMILES string of the molecule is CC(Oc1ccc(C#N)cc1)C(=O)N(Cc1cccs1)c1ccc2c(c1)OCCO2. The molecule has 1 amide bonds. The summed E-state index contributed by atoms with van der Waals surface area (Å²) in [7, 11) is 0. The summed E-state index contributed by atoms with van der Waals surface area (Å²) in [6.07, 6.45) is -0.717. The molecule has 1 atom stereocenters. The fourth-order valence-corrected chi connectivity index (χ4v) is 3.83. The van der Waals surface area contributed by atoms with E-state index in [1.165, 1.54) is 0 Å². The topological polar surface area (TPSA) is 71.8 Å². The van der Waals surface area contributed by atoms with Crippen molar-refractivity contribution in [3.05, 3.63) is 70.4 Å². The molecule has 0 saturated heterocycles. The van der Waals surface area contributed by atoms with E-state index in [2.05, 4.69) is 6.07 Å². The number of benzene rings is 2. The number of thiophene rings is 1. The molecule has 0 saturated carbocycles. The van der Waals surface area contributed by atoms with Gasteiger partial charge in [0, 0.05) is 16.6 Å². The maximum absolute atomic E-state index is 13.3. The molecule has 0 aliphatic carbocycles. The van der Waals surface area contributed by atoms with Gasteiger partial charge in [-0.2, -0.15) is 5.26 Å². The second kappa shape index (κ2) is 8.89. The van der Waals surface area contributed by atoms with Crippen LogP contribution in [-0.4, -0.2) is 25.2 Å². The van der Waals surface area contributed by atoms with Crippen LogP contribution in [0, 0.1) is 11.3 Å². The number of ether oxygens (including phenoxy) is 3. The number of hydrogen-bond acceptors (Lipinski definition) is 6. The summed E-state index contributed by atoms with van der Waals surface area (Å²) in [5, 5.41) is 10.9. The van der Waals surface area contributed by atoms with Gasteiger partial charge in [0.2, 0.25) is 0 Å². The Hall–Kier alpha value is -3.50. The minimum atomic E-state index is -0.717. The van der Waals surface area contributed by atoms with Gasteiger partial charge in [0.05, 0.1) is 18.2 Å². The van der Waals surface area contributed by atoms with Crippen molar-refractivity contribution >= 4 is 22.9 Å². The maximum Gasteiger partial charge on any atom is 0.268 e. The molecule has 0 fully saturated rings. The molecule has 1 unspecified atom stereocenters. The first-order chi connectivity index (χ1) is 14.6. The molecule has 1 aliphatic rings. The first-order valence-electron chi connectivity index (χ1n) is 9.54. The van der Waals surface area contributed by atoms with E-state index in [1.54, 1.807) is 47.4 Å². The monoisotopic (exact) mass is 420 g/mol. The van der Waals surface area contributed by atoms with Gasteiger partial charge in [0.1, 0.15) is 19.0 Å². The molecule has 2 heterocycles. The van der Waals surface area contributed by atoms with Crippen molar-refractivity contribution in [3.63, 3.8) is 0 Å². The Bertz CT molecular complexity index is 1060. The van der Waals surface area contributed by atoms with Crippen LogP contribution >= 0.6 is 11.3 Å². The lowest BCUT2D eigenvalue weighted by atomic mass is 10.2. The van der Waals surface area contributed by atoms with Crippen LogP contribution in [0.3, 0.4) is 0 Å². The molecule has 6 nitrogen and oxygen atoms in total. The van der Waals surface area contributed by atoms with E-state index in [9.17, 15) is 4.79 Å². The van der Waals surface area contributed by atoms with Gasteiger partial charge in [-0.1, -0.05) is 6.07 Å². The van der Waals surface area contributed by atoms with Crippen LogP contribution in [0.2, 0.25) is 0 Å². The van der Waals surface area contributed by atoms with Crippen molar-refractivity contribution < 1.29 is 19.0 Å². The van der Waals surface area contributed by atoms with Crippen LogP contribution in [0.15, 0.2) is 60.0 Å². The molecule has 0 N–H and O–H groups in total. The highest BCUT2D eigenvalue weighted by Crippen LogP contribution is 2.35. The Labute approximate surface area is 178 Å².